The van der Waals surface area contributed by atoms with Gasteiger partial charge in [0.2, 0.25) is 0 Å². The molecule has 1 aromatic carbocycles. The van der Waals surface area contributed by atoms with Crippen molar-refractivity contribution in [3.63, 3.8) is 0 Å². The van der Waals surface area contributed by atoms with Crippen LogP contribution in [0.25, 0.3) is 0 Å². The number of nitrogens with one attached hydrogen (secondary N) is 2. The van der Waals surface area contributed by atoms with Crippen molar-refractivity contribution >= 4 is 17.6 Å². The van der Waals surface area contributed by atoms with Crippen LogP contribution in [0.4, 0.5) is 5.69 Å². The Morgan fingerprint density at radius 3 is 2.56 bits per heavy atom. The predicted octanol–water partition coefficient (Wildman–Crippen LogP) is 1.90. The first-order valence-electron chi connectivity index (χ1n) is 9.56. The zero-order valence-electron chi connectivity index (χ0n) is 15.1. The van der Waals surface area contributed by atoms with Gasteiger partial charge in [0.25, 0.3) is 5.91 Å². The number of carbonyl (C=O) groups excluding carboxylic acids is 2. The van der Waals surface area contributed by atoms with Gasteiger partial charge in [-0.1, -0.05) is 12.8 Å². The van der Waals surface area contributed by atoms with Crippen molar-refractivity contribution in [1.82, 2.24) is 0 Å². The normalized spacial score (nSPS) is 25.7. The van der Waals surface area contributed by atoms with E-state index in [1.165, 1.54) is 37.0 Å². The van der Waals surface area contributed by atoms with E-state index in [-0.39, 0.29) is 11.9 Å². The third-order valence-corrected chi connectivity index (χ3v) is 5.58. The van der Waals surface area contributed by atoms with E-state index in [0.29, 0.717) is 18.7 Å². The highest BCUT2D eigenvalue weighted by Gasteiger charge is 2.34. The maximum Gasteiger partial charge on any atom is 0.338 e. The molecule has 1 aromatic rings. The molecule has 2 N–H and O–H groups in total. The minimum absolute atomic E-state index is 0.0492. The van der Waals surface area contributed by atoms with E-state index in [1.807, 2.05) is 0 Å². The van der Waals surface area contributed by atoms with Crippen molar-refractivity contribution in [1.29, 1.82) is 0 Å². The zero-order chi connectivity index (χ0) is 17.6. The number of anilines is 1. The van der Waals surface area contributed by atoms with Crippen LogP contribution in [0.1, 0.15) is 49.4 Å². The van der Waals surface area contributed by atoms with Crippen LogP contribution in [0, 0.1) is 11.8 Å². The largest absolute Gasteiger partial charge is 0.462 e. The molecule has 0 radical (unpaired) electrons. The van der Waals surface area contributed by atoms with Crippen molar-refractivity contribution in [3.8, 4) is 0 Å². The van der Waals surface area contributed by atoms with E-state index in [1.54, 1.807) is 31.2 Å². The molecule has 0 bridgehead atoms. The number of carbonyl (C=O) groups is 2. The van der Waals surface area contributed by atoms with E-state index >= 15 is 0 Å². The molecule has 0 spiro atoms. The summed E-state index contributed by atoms with van der Waals surface area (Å²) in [5.41, 5.74) is 1.23. The summed E-state index contributed by atoms with van der Waals surface area (Å²) in [6.07, 6.45) is 6.73. The van der Waals surface area contributed by atoms with Crippen LogP contribution in [0.2, 0.25) is 0 Å². The summed E-state index contributed by atoms with van der Waals surface area (Å²) in [4.78, 5) is 25.4. The maximum atomic E-state index is 12.3. The fraction of sp³-hybridized carbons (Fsp3) is 0.600. The molecule has 1 saturated carbocycles. The van der Waals surface area contributed by atoms with Gasteiger partial charge < -0.3 is 15.0 Å². The van der Waals surface area contributed by atoms with E-state index in [2.05, 4.69) is 5.32 Å². The lowest BCUT2D eigenvalue weighted by atomic mass is 9.75. The van der Waals surface area contributed by atoms with Gasteiger partial charge >= 0.3 is 5.97 Å². The first kappa shape index (κ1) is 17.9. The Bertz CT molecular complexity index is 599. The van der Waals surface area contributed by atoms with Crippen LogP contribution in [0.5, 0.6) is 0 Å². The molecule has 1 heterocycles. The van der Waals surface area contributed by atoms with Gasteiger partial charge in [-0.05, 0) is 56.4 Å². The topological polar surface area (TPSA) is 59.8 Å². The van der Waals surface area contributed by atoms with E-state index in [4.69, 9.17) is 4.74 Å². The first-order valence-corrected chi connectivity index (χ1v) is 9.56. The number of hydrogen-bond acceptors (Lipinski definition) is 3. The Morgan fingerprint density at radius 2 is 1.84 bits per heavy atom. The molecule has 136 valence electrons. The summed E-state index contributed by atoms with van der Waals surface area (Å²) in [7, 11) is 0. The maximum absolute atomic E-state index is 12.3. The van der Waals surface area contributed by atoms with E-state index < -0.39 is 0 Å². The minimum atomic E-state index is -0.333. The molecule has 1 amide bonds. The smallest absolute Gasteiger partial charge is 0.338 e. The number of benzene rings is 1. The lowest BCUT2D eigenvalue weighted by Crippen LogP contribution is -3.15. The minimum Gasteiger partial charge on any atom is -0.462 e. The highest BCUT2D eigenvalue weighted by molar-refractivity contribution is 5.93. The number of piperidine rings is 1. The number of fused-ring (bicyclic) bond motifs is 1. The number of esters is 1. The van der Waals surface area contributed by atoms with Gasteiger partial charge in [0.05, 0.1) is 25.3 Å². The molecule has 2 fully saturated rings. The lowest BCUT2D eigenvalue weighted by Gasteiger charge is -2.38. The van der Waals surface area contributed by atoms with Crippen LogP contribution in [0.3, 0.4) is 0 Å². The van der Waals surface area contributed by atoms with Crippen molar-refractivity contribution in [2.75, 3.05) is 31.6 Å². The molecule has 1 aliphatic carbocycles. The molecular formula is C20H29N2O3+. The summed E-state index contributed by atoms with van der Waals surface area (Å²) >= 11 is 0. The number of rotatable bonds is 5. The average Bonchev–Trinajstić information content (AvgIpc) is 2.62. The van der Waals surface area contributed by atoms with Crippen LogP contribution >= 0.6 is 0 Å². The summed E-state index contributed by atoms with van der Waals surface area (Å²) in [5.74, 6) is 1.43. The monoisotopic (exact) mass is 345 g/mol. The summed E-state index contributed by atoms with van der Waals surface area (Å²) < 4.78 is 4.96. The highest BCUT2D eigenvalue weighted by Crippen LogP contribution is 2.32. The molecule has 0 aromatic heterocycles. The lowest BCUT2D eigenvalue weighted by molar-refractivity contribution is -0.902. The highest BCUT2D eigenvalue weighted by atomic mass is 16.5. The molecular weight excluding hydrogens is 316 g/mol. The van der Waals surface area contributed by atoms with Crippen molar-refractivity contribution < 1.29 is 19.2 Å². The second kappa shape index (κ2) is 8.48. The number of amides is 1. The van der Waals surface area contributed by atoms with Gasteiger partial charge in [0.15, 0.2) is 6.54 Å². The molecule has 1 unspecified atom stereocenters. The zero-order valence-corrected chi connectivity index (χ0v) is 15.1. The predicted molar refractivity (Wildman–Crippen MR) is 96.7 cm³/mol. The van der Waals surface area contributed by atoms with Gasteiger partial charge in [-0.3, -0.25) is 4.79 Å². The number of likely N-dealkylation sites (tertiary alicyclic amines) is 1. The third-order valence-electron chi connectivity index (χ3n) is 5.58. The summed E-state index contributed by atoms with van der Waals surface area (Å²) in [5, 5.41) is 2.95. The molecule has 1 aliphatic heterocycles. The summed E-state index contributed by atoms with van der Waals surface area (Å²) in [6.45, 7) is 4.92. The molecule has 2 aliphatic rings. The van der Waals surface area contributed by atoms with Gasteiger partial charge in [0.1, 0.15) is 0 Å². The van der Waals surface area contributed by atoms with Crippen molar-refractivity contribution in [2.45, 2.75) is 39.0 Å². The van der Waals surface area contributed by atoms with Gasteiger partial charge in [-0.2, -0.15) is 0 Å². The molecule has 5 nitrogen and oxygen atoms in total. The van der Waals surface area contributed by atoms with Crippen molar-refractivity contribution in [3.05, 3.63) is 29.8 Å². The molecule has 1 saturated heterocycles. The molecule has 5 heteroatoms. The van der Waals surface area contributed by atoms with Gasteiger partial charge in [-0.15, -0.1) is 0 Å². The van der Waals surface area contributed by atoms with Gasteiger partial charge in [0, 0.05) is 11.6 Å². The second-order valence-electron chi connectivity index (χ2n) is 7.32. The molecule has 25 heavy (non-hydrogen) atoms. The van der Waals surface area contributed by atoms with Crippen LogP contribution < -0.4 is 10.2 Å². The third kappa shape index (κ3) is 4.82. The standard InChI is InChI=1S/C20H28N2O3/c1-2-25-20(24)16-7-9-18(10-8-16)21-19(23)14-22-12-11-15-5-3-4-6-17(15)13-22/h7-10,15,17H,2-6,11-14H2,1H3,(H,21,23)/p+1/t15-,17-/m1/s1. The number of ether oxygens (including phenoxy) is 1. The first-order chi connectivity index (χ1) is 12.2. The van der Waals surface area contributed by atoms with E-state index in [0.717, 1.165) is 30.6 Å². The Kier molecular flexibility index (Phi) is 6.08. The number of quaternary nitrogens is 1. The number of hydrogen-bond donors (Lipinski definition) is 2. The molecule has 3 atom stereocenters. The van der Waals surface area contributed by atoms with Crippen LogP contribution in [-0.4, -0.2) is 38.1 Å². The Morgan fingerprint density at radius 1 is 1.12 bits per heavy atom. The Labute approximate surface area is 149 Å². The van der Waals surface area contributed by atoms with Crippen molar-refractivity contribution in [2.24, 2.45) is 11.8 Å². The fourth-order valence-electron chi connectivity index (χ4n) is 4.29. The Balaban J connectivity index is 1.48. The summed E-state index contributed by atoms with van der Waals surface area (Å²) in [6, 6.07) is 6.89. The quantitative estimate of drug-likeness (QED) is 0.802. The van der Waals surface area contributed by atoms with E-state index in [9.17, 15) is 9.59 Å². The molecule has 3 rings (SSSR count). The van der Waals surface area contributed by atoms with Crippen LogP contribution in [-0.2, 0) is 9.53 Å². The average molecular weight is 345 g/mol. The Hall–Kier alpha value is -1.88. The SMILES string of the molecule is CCOC(=O)c1ccc(NC(=O)C[NH+]2CC[C@H]3CCCC[C@@H]3C2)cc1. The van der Waals surface area contributed by atoms with Gasteiger partial charge in [-0.25, -0.2) is 4.79 Å². The second-order valence-corrected chi connectivity index (χ2v) is 7.32. The van der Waals surface area contributed by atoms with Crippen LogP contribution in [0.15, 0.2) is 24.3 Å². The fourth-order valence-corrected chi connectivity index (χ4v) is 4.29.